The molecule has 1 unspecified atom stereocenters. The van der Waals surface area contributed by atoms with Gasteiger partial charge in [0.1, 0.15) is 0 Å². The number of carbonyl (C=O) groups excluding carboxylic acids is 1. The van der Waals surface area contributed by atoms with E-state index in [4.69, 9.17) is 21.1 Å². The first-order chi connectivity index (χ1) is 16.5. The molecular formula is C26H34ClN3O3S. The van der Waals surface area contributed by atoms with E-state index in [0.717, 1.165) is 50.7 Å². The van der Waals surface area contributed by atoms with Crippen molar-refractivity contribution in [2.75, 3.05) is 64.5 Å². The molecule has 0 spiro atoms. The van der Waals surface area contributed by atoms with Crippen LogP contribution in [0.4, 0.5) is 11.4 Å². The molecule has 1 saturated heterocycles. The van der Waals surface area contributed by atoms with Crippen LogP contribution >= 0.6 is 23.4 Å². The van der Waals surface area contributed by atoms with Crippen molar-refractivity contribution in [3.05, 3.63) is 47.5 Å². The van der Waals surface area contributed by atoms with E-state index in [1.165, 1.54) is 21.2 Å². The summed E-state index contributed by atoms with van der Waals surface area (Å²) in [7, 11) is 1.65. The summed E-state index contributed by atoms with van der Waals surface area (Å²) in [5, 5.41) is 0.767. The Morgan fingerprint density at radius 2 is 1.79 bits per heavy atom. The van der Waals surface area contributed by atoms with Crippen molar-refractivity contribution in [2.45, 2.75) is 35.7 Å². The molecule has 2 aromatic rings. The molecule has 184 valence electrons. The number of piperazine rings is 1. The molecule has 4 rings (SSSR count). The van der Waals surface area contributed by atoms with Crippen LogP contribution in [0.1, 0.15) is 19.8 Å². The average Bonchev–Trinajstić information content (AvgIpc) is 2.84. The predicted molar refractivity (Wildman–Crippen MR) is 139 cm³/mol. The van der Waals surface area contributed by atoms with Crippen LogP contribution in [0, 0.1) is 0 Å². The second-order valence-electron chi connectivity index (χ2n) is 8.79. The van der Waals surface area contributed by atoms with E-state index in [-0.39, 0.29) is 12.0 Å². The molecule has 1 amide bonds. The largest absolute Gasteiger partial charge is 0.382 e. The molecule has 2 aromatic carbocycles. The molecular weight excluding hydrogens is 470 g/mol. The standard InChI is InChI=1S/C26H34ClN3O3S/c1-20(33-17-16-32-2)18-26(31)29-14-12-28(13-15-29)10-5-11-30-22-6-3-4-7-24(22)34-25-9-8-21(27)19-23(25)30/h3-4,6-9,19-20H,5,10-18H2,1-2H3. The molecule has 0 radical (unpaired) electrons. The molecule has 2 aliphatic rings. The molecule has 0 aliphatic carbocycles. The number of amides is 1. The van der Waals surface area contributed by atoms with Crippen LogP contribution < -0.4 is 4.90 Å². The molecule has 0 bridgehead atoms. The van der Waals surface area contributed by atoms with Crippen LogP contribution in [0.3, 0.4) is 0 Å². The summed E-state index contributed by atoms with van der Waals surface area (Å²) in [6, 6.07) is 14.7. The van der Waals surface area contributed by atoms with E-state index in [1.807, 2.05) is 17.9 Å². The number of ether oxygens (including phenoxy) is 2. The Labute approximate surface area is 212 Å². The number of hydrogen-bond donors (Lipinski definition) is 0. The molecule has 2 heterocycles. The maximum Gasteiger partial charge on any atom is 0.225 e. The van der Waals surface area contributed by atoms with Crippen LogP contribution in [0.15, 0.2) is 52.3 Å². The number of carbonyl (C=O) groups is 1. The Balaban J connectivity index is 1.25. The second-order valence-corrected chi connectivity index (χ2v) is 10.3. The van der Waals surface area contributed by atoms with Gasteiger partial charge in [-0.2, -0.15) is 0 Å². The maximum atomic E-state index is 12.6. The van der Waals surface area contributed by atoms with Crippen molar-refractivity contribution in [3.8, 4) is 0 Å². The van der Waals surface area contributed by atoms with Gasteiger partial charge in [0.15, 0.2) is 0 Å². The quantitative estimate of drug-likeness (QED) is 0.429. The average molecular weight is 504 g/mol. The normalized spacial score (nSPS) is 16.8. The van der Waals surface area contributed by atoms with Gasteiger partial charge >= 0.3 is 0 Å². The third-order valence-corrected chi connectivity index (χ3v) is 7.69. The lowest BCUT2D eigenvalue weighted by molar-refractivity contribution is -0.135. The van der Waals surface area contributed by atoms with Gasteiger partial charge in [-0.3, -0.25) is 9.69 Å². The topological polar surface area (TPSA) is 45.3 Å². The number of nitrogens with zero attached hydrogens (tertiary/aromatic N) is 3. The first-order valence-corrected chi connectivity index (χ1v) is 13.2. The first-order valence-electron chi connectivity index (χ1n) is 12.0. The van der Waals surface area contributed by atoms with E-state index in [2.05, 4.69) is 46.2 Å². The Kier molecular flexibility index (Phi) is 9.14. The minimum Gasteiger partial charge on any atom is -0.382 e. The molecule has 0 N–H and O–H groups in total. The van der Waals surface area contributed by atoms with Gasteiger partial charge in [0.25, 0.3) is 0 Å². The maximum absolute atomic E-state index is 12.6. The molecule has 2 aliphatic heterocycles. The number of halogens is 1. The lowest BCUT2D eigenvalue weighted by atomic mass is 10.2. The Morgan fingerprint density at radius 3 is 2.59 bits per heavy atom. The number of hydrogen-bond acceptors (Lipinski definition) is 6. The van der Waals surface area contributed by atoms with Gasteiger partial charge in [0, 0.05) is 54.6 Å². The molecule has 34 heavy (non-hydrogen) atoms. The van der Waals surface area contributed by atoms with Gasteiger partial charge in [-0.05, 0) is 50.2 Å². The highest BCUT2D eigenvalue weighted by molar-refractivity contribution is 7.99. The Hall–Kier alpha value is -1.77. The fourth-order valence-corrected chi connectivity index (χ4v) is 5.73. The van der Waals surface area contributed by atoms with Crippen LogP contribution in [0.5, 0.6) is 0 Å². The van der Waals surface area contributed by atoms with Crippen molar-refractivity contribution in [2.24, 2.45) is 0 Å². The molecule has 6 nitrogen and oxygen atoms in total. The number of benzene rings is 2. The number of anilines is 2. The van der Waals surface area contributed by atoms with Gasteiger partial charge in [-0.15, -0.1) is 0 Å². The number of rotatable bonds is 10. The third-order valence-electron chi connectivity index (χ3n) is 6.32. The number of para-hydroxylation sites is 1. The Bertz CT molecular complexity index is 968. The third kappa shape index (κ3) is 6.46. The molecule has 0 aromatic heterocycles. The zero-order chi connectivity index (χ0) is 23.9. The lowest BCUT2D eigenvalue weighted by Gasteiger charge is -2.36. The SMILES string of the molecule is COCCOC(C)CC(=O)N1CCN(CCCN2c3ccccc3Sc3ccc(Cl)cc32)CC1. The molecule has 1 atom stereocenters. The van der Waals surface area contributed by atoms with Crippen LogP contribution in [0.25, 0.3) is 0 Å². The van der Waals surface area contributed by atoms with Crippen LogP contribution in [0.2, 0.25) is 5.02 Å². The summed E-state index contributed by atoms with van der Waals surface area (Å²) in [6.07, 6.45) is 1.39. The summed E-state index contributed by atoms with van der Waals surface area (Å²) in [5.74, 6) is 0.181. The van der Waals surface area contributed by atoms with Gasteiger partial charge in [-0.1, -0.05) is 35.5 Å². The van der Waals surface area contributed by atoms with Crippen molar-refractivity contribution < 1.29 is 14.3 Å². The molecule has 8 heteroatoms. The van der Waals surface area contributed by atoms with Gasteiger partial charge in [0.05, 0.1) is 37.1 Å². The first kappa shape index (κ1) is 25.3. The van der Waals surface area contributed by atoms with Crippen LogP contribution in [-0.2, 0) is 14.3 Å². The smallest absolute Gasteiger partial charge is 0.225 e. The molecule has 1 fully saturated rings. The summed E-state index contributed by atoms with van der Waals surface area (Å²) in [6.45, 7) is 8.37. The zero-order valence-electron chi connectivity index (χ0n) is 20.0. The second kappa shape index (κ2) is 12.3. The van der Waals surface area contributed by atoms with Crippen molar-refractivity contribution in [1.29, 1.82) is 0 Å². The highest BCUT2D eigenvalue weighted by Gasteiger charge is 2.25. The van der Waals surface area contributed by atoms with Gasteiger partial charge in [0.2, 0.25) is 5.91 Å². The van der Waals surface area contributed by atoms with E-state index in [9.17, 15) is 4.79 Å². The highest BCUT2D eigenvalue weighted by atomic mass is 35.5. The number of methoxy groups -OCH3 is 1. The van der Waals surface area contributed by atoms with Gasteiger partial charge < -0.3 is 19.3 Å². The van der Waals surface area contributed by atoms with Crippen LogP contribution in [-0.4, -0.2) is 81.4 Å². The monoisotopic (exact) mass is 503 g/mol. The predicted octanol–water partition coefficient (Wildman–Crippen LogP) is 4.92. The fraction of sp³-hybridized carbons (Fsp3) is 0.500. The van der Waals surface area contributed by atoms with Crippen molar-refractivity contribution in [3.63, 3.8) is 0 Å². The van der Waals surface area contributed by atoms with Gasteiger partial charge in [-0.25, -0.2) is 0 Å². The summed E-state index contributed by atoms with van der Waals surface area (Å²) >= 11 is 8.14. The van der Waals surface area contributed by atoms with Crippen molar-refractivity contribution in [1.82, 2.24) is 9.80 Å². The van der Waals surface area contributed by atoms with E-state index >= 15 is 0 Å². The lowest BCUT2D eigenvalue weighted by Crippen LogP contribution is -2.49. The zero-order valence-corrected chi connectivity index (χ0v) is 21.6. The van der Waals surface area contributed by atoms with E-state index in [1.54, 1.807) is 18.9 Å². The van der Waals surface area contributed by atoms with E-state index in [0.29, 0.717) is 19.6 Å². The summed E-state index contributed by atoms with van der Waals surface area (Å²) < 4.78 is 10.6. The van der Waals surface area contributed by atoms with Crippen molar-refractivity contribution >= 4 is 40.6 Å². The fourth-order valence-electron chi connectivity index (χ4n) is 4.48. The minimum absolute atomic E-state index is 0.0809. The molecule has 0 saturated carbocycles. The summed E-state index contributed by atoms with van der Waals surface area (Å²) in [4.78, 5) is 22.0. The highest BCUT2D eigenvalue weighted by Crippen LogP contribution is 2.48. The minimum atomic E-state index is -0.0809. The number of fused-ring (bicyclic) bond motifs is 2. The van der Waals surface area contributed by atoms with E-state index < -0.39 is 0 Å². The Morgan fingerprint density at radius 1 is 1.03 bits per heavy atom. The summed E-state index contributed by atoms with van der Waals surface area (Å²) in [5.41, 5.74) is 2.44.